The molecule has 2 heterocycles. The molecule has 2 rings (SSSR count). The molecule has 1 amide bonds. The van der Waals surface area contributed by atoms with Gasteiger partial charge >= 0.3 is 6.18 Å². The van der Waals surface area contributed by atoms with Gasteiger partial charge in [0.15, 0.2) is 18.1 Å². The van der Waals surface area contributed by atoms with Crippen molar-refractivity contribution < 1.29 is 22.4 Å². The van der Waals surface area contributed by atoms with Crippen LogP contribution in [0, 0.1) is 0 Å². The normalized spacial score (nSPS) is 13.0. The lowest BCUT2D eigenvalue weighted by Gasteiger charge is -2.20. The molecule has 21 heavy (non-hydrogen) atoms. The Morgan fingerprint density at radius 1 is 1.38 bits per heavy atom. The number of nitrogens with one attached hydrogen (secondary N) is 1. The molecule has 5 nitrogen and oxygen atoms in total. The van der Waals surface area contributed by atoms with Gasteiger partial charge in [-0.3, -0.25) is 9.78 Å². The van der Waals surface area contributed by atoms with E-state index in [1.165, 1.54) is 24.4 Å². The van der Waals surface area contributed by atoms with E-state index in [-0.39, 0.29) is 17.1 Å². The molecule has 112 valence electrons. The van der Waals surface area contributed by atoms with Crippen molar-refractivity contribution >= 4 is 5.91 Å². The number of aromatic nitrogens is 2. The zero-order valence-corrected chi connectivity index (χ0v) is 11.0. The summed E-state index contributed by atoms with van der Waals surface area (Å²) in [6, 6.07) is 1.90. The first-order chi connectivity index (χ1) is 9.93. The number of halogens is 3. The molecule has 1 atom stereocenters. The molecule has 8 heteroatoms. The third-order valence-corrected chi connectivity index (χ3v) is 2.76. The second-order valence-corrected chi connectivity index (χ2v) is 4.18. The number of hydrogen-bond acceptors (Lipinski definition) is 4. The molecular formula is C13H12F3N3O2. The molecule has 0 aromatic carbocycles. The molecule has 0 unspecified atom stereocenters. The van der Waals surface area contributed by atoms with Crippen LogP contribution in [0.15, 0.2) is 35.2 Å². The Hall–Kier alpha value is -2.38. The lowest BCUT2D eigenvalue weighted by molar-refractivity contribution is -0.156. The average Bonchev–Trinajstić information content (AvgIpc) is 2.92. The molecule has 1 N–H and O–H groups in total. The van der Waals surface area contributed by atoms with Crippen LogP contribution in [-0.4, -0.2) is 22.1 Å². The number of pyridine rings is 1. The first kappa shape index (κ1) is 15.0. The molecule has 2 aromatic heterocycles. The molecule has 0 aliphatic rings. The first-order valence-electron chi connectivity index (χ1n) is 6.14. The van der Waals surface area contributed by atoms with E-state index in [0.717, 1.165) is 6.39 Å². The maximum Gasteiger partial charge on any atom is 0.414 e. The van der Waals surface area contributed by atoms with E-state index >= 15 is 0 Å². The van der Waals surface area contributed by atoms with Crippen LogP contribution in [0.2, 0.25) is 0 Å². The summed E-state index contributed by atoms with van der Waals surface area (Å²) < 4.78 is 44.2. The summed E-state index contributed by atoms with van der Waals surface area (Å²) in [5.41, 5.74) is -0.442. The van der Waals surface area contributed by atoms with Crippen molar-refractivity contribution in [2.24, 2.45) is 0 Å². The fourth-order valence-corrected chi connectivity index (χ4v) is 1.78. The summed E-state index contributed by atoms with van der Waals surface area (Å²) in [6.45, 7) is 1.71. The van der Waals surface area contributed by atoms with Crippen molar-refractivity contribution in [3.8, 4) is 0 Å². The molecule has 0 fully saturated rings. The van der Waals surface area contributed by atoms with E-state index in [1.54, 1.807) is 6.92 Å². The highest BCUT2D eigenvalue weighted by Crippen LogP contribution is 2.31. The molecule has 0 aliphatic heterocycles. The summed E-state index contributed by atoms with van der Waals surface area (Å²) in [6.07, 6.45) is -2.06. The van der Waals surface area contributed by atoms with E-state index < -0.39 is 18.1 Å². The van der Waals surface area contributed by atoms with Gasteiger partial charge in [0.2, 0.25) is 0 Å². The van der Waals surface area contributed by atoms with Crippen LogP contribution < -0.4 is 5.32 Å². The van der Waals surface area contributed by atoms with Crippen LogP contribution in [0.4, 0.5) is 13.2 Å². The second kappa shape index (κ2) is 5.94. The highest BCUT2D eigenvalue weighted by atomic mass is 19.4. The van der Waals surface area contributed by atoms with Gasteiger partial charge in [-0.25, -0.2) is 4.98 Å². The van der Waals surface area contributed by atoms with Gasteiger partial charge in [-0.15, -0.1) is 0 Å². The SMILES string of the molecule is CCc1ocnc1C(=O)N[C@@H](c1ccccn1)C(F)(F)F. The number of carbonyl (C=O) groups excluding carboxylic acids is 1. The molecule has 0 saturated heterocycles. The van der Waals surface area contributed by atoms with Crippen molar-refractivity contribution in [3.63, 3.8) is 0 Å². The fourth-order valence-electron chi connectivity index (χ4n) is 1.78. The van der Waals surface area contributed by atoms with Crippen molar-refractivity contribution in [1.29, 1.82) is 0 Å². The molecular weight excluding hydrogens is 287 g/mol. The summed E-state index contributed by atoms with van der Waals surface area (Å²) in [7, 11) is 0. The van der Waals surface area contributed by atoms with Crippen LogP contribution in [0.3, 0.4) is 0 Å². The van der Waals surface area contributed by atoms with Gasteiger partial charge in [0.1, 0.15) is 5.76 Å². The van der Waals surface area contributed by atoms with Crippen molar-refractivity contribution in [3.05, 3.63) is 47.9 Å². The van der Waals surface area contributed by atoms with Crippen molar-refractivity contribution in [1.82, 2.24) is 15.3 Å². The van der Waals surface area contributed by atoms with E-state index in [0.29, 0.717) is 6.42 Å². The average molecular weight is 299 g/mol. The van der Waals surface area contributed by atoms with Gasteiger partial charge in [0.25, 0.3) is 5.91 Å². The van der Waals surface area contributed by atoms with Crippen LogP contribution in [0.1, 0.15) is 34.9 Å². The summed E-state index contributed by atoms with van der Waals surface area (Å²) in [5, 5.41) is 1.90. The van der Waals surface area contributed by atoms with Gasteiger partial charge in [-0.05, 0) is 12.1 Å². The van der Waals surface area contributed by atoms with Crippen LogP contribution >= 0.6 is 0 Å². The zero-order valence-electron chi connectivity index (χ0n) is 11.0. The third-order valence-electron chi connectivity index (χ3n) is 2.76. The number of nitrogens with zero attached hydrogens (tertiary/aromatic N) is 2. The van der Waals surface area contributed by atoms with Gasteiger partial charge in [-0.2, -0.15) is 13.2 Å². The van der Waals surface area contributed by atoms with Gasteiger partial charge < -0.3 is 9.73 Å². The Balaban J connectivity index is 2.26. The molecule has 0 saturated carbocycles. The molecule has 0 radical (unpaired) electrons. The molecule has 2 aromatic rings. The number of alkyl halides is 3. The lowest BCUT2D eigenvalue weighted by Crippen LogP contribution is -2.39. The largest absolute Gasteiger partial charge is 0.448 e. The molecule has 0 spiro atoms. The highest BCUT2D eigenvalue weighted by Gasteiger charge is 2.43. The number of carbonyl (C=O) groups is 1. The number of oxazole rings is 1. The van der Waals surface area contributed by atoms with Crippen LogP contribution in [-0.2, 0) is 6.42 Å². The fraction of sp³-hybridized carbons (Fsp3) is 0.308. The maximum absolute atomic E-state index is 13.1. The second-order valence-electron chi connectivity index (χ2n) is 4.18. The minimum Gasteiger partial charge on any atom is -0.448 e. The third kappa shape index (κ3) is 3.39. The van der Waals surface area contributed by atoms with Crippen LogP contribution in [0.5, 0.6) is 0 Å². The Labute approximate surface area is 118 Å². The molecule has 0 aliphatic carbocycles. The first-order valence-corrected chi connectivity index (χ1v) is 6.14. The number of aryl methyl sites for hydroxylation is 1. The lowest BCUT2D eigenvalue weighted by atomic mass is 10.1. The monoisotopic (exact) mass is 299 g/mol. The highest BCUT2D eigenvalue weighted by molar-refractivity contribution is 5.93. The van der Waals surface area contributed by atoms with E-state index in [4.69, 9.17) is 4.42 Å². The smallest absolute Gasteiger partial charge is 0.414 e. The van der Waals surface area contributed by atoms with Gasteiger partial charge in [0.05, 0.1) is 5.69 Å². The minimum atomic E-state index is -4.67. The van der Waals surface area contributed by atoms with E-state index in [9.17, 15) is 18.0 Å². The Morgan fingerprint density at radius 3 is 2.71 bits per heavy atom. The van der Waals surface area contributed by atoms with Crippen LogP contribution in [0.25, 0.3) is 0 Å². The standard InChI is InChI=1S/C13H12F3N3O2/c1-2-9-10(18-7-21-9)12(20)19-11(13(14,15)16)8-5-3-4-6-17-8/h3-7,11H,2H2,1H3,(H,19,20)/t11-/m0/s1. The van der Waals surface area contributed by atoms with E-state index in [1.807, 2.05) is 5.32 Å². The number of rotatable bonds is 4. The van der Waals surface area contributed by atoms with Crippen molar-refractivity contribution in [2.45, 2.75) is 25.6 Å². The minimum absolute atomic E-state index is 0.150. The Morgan fingerprint density at radius 2 is 2.14 bits per heavy atom. The van der Waals surface area contributed by atoms with E-state index in [2.05, 4.69) is 9.97 Å². The summed E-state index contributed by atoms with van der Waals surface area (Å²) in [5.74, 6) is -0.719. The Bertz CT molecular complexity index is 611. The van der Waals surface area contributed by atoms with Gasteiger partial charge in [0, 0.05) is 12.6 Å². The maximum atomic E-state index is 13.1. The summed E-state index contributed by atoms with van der Waals surface area (Å²) in [4.78, 5) is 19.2. The predicted molar refractivity (Wildman–Crippen MR) is 66.4 cm³/mol. The van der Waals surface area contributed by atoms with Gasteiger partial charge in [-0.1, -0.05) is 13.0 Å². The quantitative estimate of drug-likeness (QED) is 0.942. The summed E-state index contributed by atoms with van der Waals surface area (Å²) >= 11 is 0. The number of amides is 1. The number of hydrogen-bond donors (Lipinski definition) is 1. The Kier molecular flexibility index (Phi) is 4.25. The topological polar surface area (TPSA) is 68.0 Å². The van der Waals surface area contributed by atoms with Crippen molar-refractivity contribution in [2.75, 3.05) is 0 Å². The zero-order chi connectivity index (χ0) is 15.5. The molecule has 0 bridgehead atoms. The predicted octanol–water partition coefficient (Wildman–Crippen LogP) is 2.67.